The van der Waals surface area contributed by atoms with Gasteiger partial charge in [-0.2, -0.15) is 0 Å². The van der Waals surface area contributed by atoms with Gasteiger partial charge in [0.25, 0.3) is 6.43 Å². The van der Waals surface area contributed by atoms with E-state index in [1.54, 1.807) is 0 Å². The van der Waals surface area contributed by atoms with Crippen molar-refractivity contribution in [1.82, 2.24) is 5.32 Å². The van der Waals surface area contributed by atoms with Crippen LogP contribution >= 0.6 is 11.6 Å². The van der Waals surface area contributed by atoms with Crippen LogP contribution in [0.4, 0.5) is 13.2 Å². The number of dihydropyridines is 1. The van der Waals surface area contributed by atoms with E-state index in [-0.39, 0.29) is 24.4 Å². The van der Waals surface area contributed by atoms with Crippen molar-refractivity contribution in [2.24, 2.45) is 5.73 Å². The Labute approximate surface area is 101 Å². The molecule has 0 aromatic heterocycles. The molecule has 0 bridgehead atoms. The van der Waals surface area contributed by atoms with Crippen LogP contribution in [0.25, 0.3) is 0 Å². The Kier molecular flexibility index (Phi) is 4.62. The number of rotatable bonds is 4. The Bertz CT molecular complexity index is 413. The summed E-state index contributed by atoms with van der Waals surface area (Å²) in [6, 6.07) is 0. The van der Waals surface area contributed by atoms with Gasteiger partial charge >= 0.3 is 0 Å². The fourth-order valence-corrected chi connectivity index (χ4v) is 1.38. The molecule has 0 amide bonds. The van der Waals surface area contributed by atoms with E-state index >= 15 is 0 Å². The fraction of sp³-hybridized carbons (Fsp3) is 0.300. The highest BCUT2D eigenvalue weighted by atomic mass is 35.5. The number of allylic oxidation sites excluding steroid dienone is 3. The Balaban J connectivity index is 2.73. The molecule has 1 heterocycles. The topological polar surface area (TPSA) is 61.9 Å². The van der Waals surface area contributed by atoms with Crippen LogP contribution < -0.4 is 11.1 Å². The third-order valence-corrected chi connectivity index (χ3v) is 2.24. The summed E-state index contributed by atoms with van der Waals surface area (Å²) in [4.78, 5) is 0. The molecule has 0 fully saturated rings. The van der Waals surface area contributed by atoms with Gasteiger partial charge in [-0.15, -0.1) is 0 Å². The van der Waals surface area contributed by atoms with Crippen molar-refractivity contribution >= 4 is 17.3 Å². The molecule has 94 valence electrons. The van der Waals surface area contributed by atoms with Crippen LogP contribution in [0.5, 0.6) is 0 Å². The van der Waals surface area contributed by atoms with Crippen molar-refractivity contribution in [2.45, 2.75) is 12.8 Å². The summed E-state index contributed by atoms with van der Waals surface area (Å²) in [6.07, 6.45) is -0.992. The summed E-state index contributed by atoms with van der Waals surface area (Å²) in [6.45, 7) is 0.268. The molecule has 0 saturated heterocycles. The van der Waals surface area contributed by atoms with Crippen molar-refractivity contribution in [2.75, 3.05) is 6.54 Å². The smallest absolute Gasteiger partial charge is 0.279 e. The normalized spacial score (nSPS) is 17.0. The predicted molar refractivity (Wildman–Crippen MR) is 60.7 cm³/mol. The van der Waals surface area contributed by atoms with Crippen molar-refractivity contribution in [3.63, 3.8) is 0 Å². The van der Waals surface area contributed by atoms with E-state index in [0.29, 0.717) is 5.03 Å². The van der Waals surface area contributed by atoms with Crippen LogP contribution in [0.1, 0.15) is 6.42 Å². The number of alkyl halides is 2. The third-order valence-electron chi connectivity index (χ3n) is 2.00. The Morgan fingerprint density at radius 2 is 2.29 bits per heavy atom. The van der Waals surface area contributed by atoms with Gasteiger partial charge in [-0.05, 0) is 12.2 Å². The maximum Gasteiger partial charge on any atom is 0.279 e. The molecule has 1 rings (SSSR count). The largest absolute Gasteiger partial charge is 0.402 e. The highest BCUT2D eigenvalue weighted by molar-refractivity contribution is 6.30. The molecular weight excluding hydrogens is 255 g/mol. The second-order valence-corrected chi connectivity index (χ2v) is 3.91. The molecule has 0 unspecified atom stereocenters. The molecule has 4 N–H and O–H groups in total. The summed E-state index contributed by atoms with van der Waals surface area (Å²) in [5.74, 6) is -0.582. The van der Waals surface area contributed by atoms with E-state index < -0.39 is 18.0 Å². The first kappa shape index (κ1) is 13.6. The predicted octanol–water partition coefficient (Wildman–Crippen LogP) is 2.41. The van der Waals surface area contributed by atoms with Gasteiger partial charge in [0.2, 0.25) is 0 Å². The van der Waals surface area contributed by atoms with Crippen LogP contribution in [-0.4, -0.2) is 18.7 Å². The van der Waals surface area contributed by atoms with Crippen LogP contribution in [0.15, 0.2) is 34.4 Å². The molecule has 0 aromatic carbocycles. The van der Waals surface area contributed by atoms with Gasteiger partial charge in [-0.3, -0.25) is 5.41 Å². The third kappa shape index (κ3) is 4.14. The highest BCUT2D eigenvalue weighted by Gasteiger charge is 2.13. The van der Waals surface area contributed by atoms with Crippen LogP contribution in [0.2, 0.25) is 0 Å². The lowest BCUT2D eigenvalue weighted by Crippen LogP contribution is -2.21. The first-order valence-electron chi connectivity index (χ1n) is 4.71. The molecule has 7 heteroatoms. The zero-order valence-electron chi connectivity index (χ0n) is 8.74. The molecule has 0 saturated carbocycles. The number of nitrogens with one attached hydrogen (secondary N) is 2. The maximum atomic E-state index is 13.3. The van der Waals surface area contributed by atoms with Crippen molar-refractivity contribution in [3.05, 3.63) is 34.4 Å². The van der Waals surface area contributed by atoms with E-state index in [4.69, 9.17) is 22.7 Å². The van der Waals surface area contributed by atoms with Gasteiger partial charge in [0.1, 0.15) is 5.83 Å². The molecule has 1 aliphatic heterocycles. The van der Waals surface area contributed by atoms with E-state index in [1.807, 2.05) is 0 Å². The minimum Gasteiger partial charge on any atom is -0.402 e. The first-order chi connectivity index (χ1) is 7.90. The number of hydrogen-bond acceptors (Lipinski definition) is 3. The van der Waals surface area contributed by atoms with Crippen molar-refractivity contribution in [1.29, 1.82) is 5.41 Å². The minimum absolute atomic E-state index is 0.0145. The minimum atomic E-state index is -2.89. The lowest BCUT2D eigenvalue weighted by Gasteiger charge is -2.15. The average Bonchev–Trinajstić information content (AvgIpc) is 2.22. The highest BCUT2D eigenvalue weighted by Crippen LogP contribution is 2.20. The summed E-state index contributed by atoms with van der Waals surface area (Å²) < 4.78 is 37.4. The fourth-order valence-electron chi connectivity index (χ4n) is 1.22. The standard InChI is InChI=1S/C10H11ClF3N3/c11-5-1-7(12)9(17-4-5)3-6(15)2-8(16)10(13)14/h1-2,10,16-17H,3-4,15H2/b6-2-,16-8?. The lowest BCUT2D eigenvalue weighted by atomic mass is 10.1. The summed E-state index contributed by atoms with van der Waals surface area (Å²) in [5.41, 5.74) is 4.69. The zero-order chi connectivity index (χ0) is 13.0. The molecule has 0 atom stereocenters. The first-order valence-corrected chi connectivity index (χ1v) is 5.09. The Morgan fingerprint density at radius 1 is 1.65 bits per heavy atom. The van der Waals surface area contributed by atoms with E-state index in [2.05, 4.69) is 5.32 Å². The van der Waals surface area contributed by atoms with E-state index in [9.17, 15) is 13.2 Å². The quantitative estimate of drug-likeness (QED) is 0.684. The summed E-state index contributed by atoms with van der Waals surface area (Å²) in [5, 5.41) is 9.90. The average molecular weight is 266 g/mol. The molecule has 3 nitrogen and oxygen atoms in total. The summed E-state index contributed by atoms with van der Waals surface area (Å²) in [7, 11) is 0. The Hall–Kier alpha value is -1.43. The maximum absolute atomic E-state index is 13.3. The van der Waals surface area contributed by atoms with E-state index in [0.717, 1.165) is 12.2 Å². The number of nitrogens with two attached hydrogens (primary N) is 1. The molecular formula is C10H11ClF3N3. The van der Waals surface area contributed by atoms with Crippen molar-refractivity contribution in [3.8, 4) is 0 Å². The summed E-state index contributed by atoms with van der Waals surface area (Å²) >= 11 is 5.58. The van der Waals surface area contributed by atoms with Crippen LogP contribution in [-0.2, 0) is 0 Å². The van der Waals surface area contributed by atoms with Gasteiger partial charge < -0.3 is 11.1 Å². The van der Waals surface area contributed by atoms with Crippen LogP contribution in [0.3, 0.4) is 0 Å². The van der Waals surface area contributed by atoms with Crippen LogP contribution in [0, 0.1) is 5.41 Å². The van der Waals surface area contributed by atoms with E-state index in [1.165, 1.54) is 0 Å². The Morgan fingerprint density at radius 3 is 2.82 bits per heavy atom. The van der Waals surface area contributed by atoms with Gasteiger partial charge in [-0.25, -0.2) is 13.2 Å². The second kappa shape index (κ2) is 5.77. The number of hydrogen-bond donors (Lipinski definition) is 3. The zero-order valence-corrected chi connectivity index (χ0v) is 9.49. The van der Waals surface area contributed by atoms with Gasteiger partial charge in [0, 0.05) is 17.2 Å². The number of halogens is 4. The SMILES string of the molecule is N=C(/C=C(\N)CC1=C(F)C=C(Cl)CN1)C(F)F. The lowest BCUT2D eigenvalue weighted by molar-refractivity contribution is 0.226. The van der Waals surface area contributed by atoms with Gasteiger partial charge in [0.15, 0.2) is 0 Å². The van der Waals surface area contributed by atoms with Gasteiger partial charge in [-0.1, -0.05) is 11.6 Å². The molecule has 0 aliphatic carbocycles. The van der Waals surface area contributed by atoms with Gasteiger partial charge in [0.05, 0.1) is 18.0 Å². The molecule has 0 radical (unpaired) electrons. The molecule has 1 aliphatic rings. The molecule has 17 heavy (non-hydrogen) atoms. The van der Waals surface area contributed by atoms with Crippen molar-refractivity contribution < 1.29 is 13.2 Å². The molecule has 0 aromatic rings. The second-order valence-electron chi connectivity index (χ2n) is 3.42. The monoisotopic (exact) mass is 265 g/mol. The molecule has 0 spiro atoms.